The molecule has 2 aromatic rings. The summed E-state index contributed by atoms with van der Waals surface area (Å²) in [5, 5.41) is 22.6. The van der Waals surface area contributed by atoms with Gasteiger partial charge in [-0.15, -0.1) is 0 Å². The van der Waals surface area contributed by atoms with E-state index in [1.807, 2.05) is 18.2 Å². The number of nitrogens with zero attached hydrogens (tertiary/aromatic N) is 1. The van der Waals surface area contributed by atoms with Gasteiger partial charge >= 0.3 is 11.9 Å². The van der Waals surface area contributed by atoms with Gasteiger partial charge in [0.1, 0.15) is 19.0 Å². The minimum absolute atomic E-state index is 0.0254. The van der Waals surface area contributed by atoms with Crippen LogP contribution in [0.1, 0.15) is 30.9 Å². The molecule has 0 saturated heterocycles. The van der Waals surface area contributed by atoms with Crippen LogP contribution in [-0.4, -0.2) is 43.5 Å². The molecule has 0 aliphatic carbocycles. The van der Waals surface area contributed by atoms with Crippen molar-refractivity contribution in [1.29, 1.82) is 5.26 Å². The van der Waals surface area contributed by atoms with E-state index in [1.165, 1.54) is 0 Å². The Morgan fingerprint density at radius 2 is 1.68 bits per heavy atom. The molecular formula is C26H26N2O6. The number of aliphatic hydroxyl groups excluding tert-OH is 1. The maximum atomic E-state index is 13.2. The summed E-state index contributed by atoms with van der Waals surface area (Å²) in [6.45, 7) is 3.04. The first-order valence-corrected chi connectivity index (χ1v) is 10.8. The van der Waals surface area contributed by atoms with E-state index in [0.717, 1.165) is 0 Å². The number of esters is 2. The topological polar surface area (TPSA) is 118 Å². The summed E-state index contributed by atoms with van der Waals surface area (Å²) in [6.07, 6.45) is 0. The van der Waals surface area contributed by atoms with Crippen LogP contribution in [0.5, 0.6) is 5.75 Å². The minimum Gasteiger partial charge on any atom is -0.490 e. The van der Waals surface area contributed by atoms with Crippen molar-refractivity contribution >= 4 is 11.9 Å². The molecule has 34 heavy (non-hydrogen) atoms. The van der Waals surface area contributed by atoms with Crippen molar-refractivity contribution < 1.29 is 28.9 Å². The Kier molecular flexibility index (Phi) is 8.43. The van der Waals surface area contributed by atoms with E-state index in [-0.39, 0.29) is 36.7 Å². The zero-order chi connectivity index (χ0) is 24.5. The predicted molar refractivity (Wildman–Crippen MR) is 123 cm³/mol. The Labute approximate surface area is 198 Å². The number of aliphatic hydroxyl groups is 1. The Morgan fingerprint density at radius 3 is 2.35 bits per heavy atom. The average molecular weight is 463 g/mol. The maximum Gasteiger partial charge on any atom is 0.336 e. The monoisotopic (exact) mass is 462 g/mol. The fourth-order valence-corrected chi connectivity index (χ4v) is 3.79. The molecular weight excluding hydrogens is 436 g/mol. The number of rotatable bonds is 9. The lowest BCUT2D eigenvalue weighted by atomic mass is 9.78. The maximum absolute atomic E-state index is 13.2. The Morgan fingerprint density at radius 1 is 1.00 bits per heavy atom. The number of ether oxygens (including phenoxy) is 3. The molecule has 0 amide bonds. The molecule has 0 saturated carbocycles. The van der Waals surface area contributed by atoms with E-state index in [2.05, 4.69) is 11.4 Å². The van der Waals surface area contributed by atoms with Crippen LogP contribution in [0.25, 0.3) is 0 Å². The van der Waals surface area contributed by atoms with Gasteiger partial charge in [0.05, 0.1) is 47.6 Å². The van der Waals surface area contributed by atoms with Gasteiger partial charge in [-0.3, -0.25) is 0 Å². The lowest BCUT2D eigenvalue weighted by molar-refractivity contribution is -0.140. The molecule has 8 heteroatoms. The van der Waals surface area contributed by atoms with Gasteiger partial charge in [-0.25, -0.2) is 9.59 Å². The van der Waals surface area contributed by atoms with Crippen LogP contribution < -0.4 is 10.1 Å². The van der Waals surface area contributed by atoms with Gasteiger partial charge < -0.3 is 24.6 Å². The van der Waals surface area contributed by atoms with Gasteiger partial charge in [-0.2, -0.15) is 5.26 Å². The molecule has 0 bridgehead atoms. The van der Waals surface area contributed by atoms with Crippen molar-refractivity contribution in [2.45, 2.75) is 19.8 Å². The van der Waals surface area contributed by atoms with E-state index >= 15 is 0 Å². The molecule has 8 nitrogen and oxygen atoms in total. The number of carbonyl (C=O) groups excluding carboxylic acids is 2. The highest BCUT2D eigenvalue weighted by Crippen LogP contribution is 2.40. The largest absolute Gasteiger partial charge is 0.490 e. The lowest BCUT2D eigenvalue weighted by Gasteiger charge is -2.31. The Balaban J connectivity index is 1.94. The Bertz CT molecular complexity index is 1150. The van der Waals surface area contributed by atoms with Crippen molar-refractivity contribution in [3.8, 4) is 11.8 Å². The molecule has 3 rings (SSSR count). The summed E-state index contributed by atoms with van der Waals surface area (Å²) in [6, 6.07) is 17.9. The van der Waals surface area contributed by atoms with E-state index in [9.17, 15) is 20.0 Å². The van der Waals surface area contributed by atoms with Gasteiger partial charge in [-0.05, 0) is 37.6 Å². The Hall–Kier alpha value is -4.09. The van der Waals surface area contributed by atoms with Gasteiger partial charge in [0.15, 0.2) is 0 Å². The van der Waals surface area contributed by atoms with E-state index in [1.54, 1.807) is 50.2 Å². The number of hydrogen-bond donors (Lipinski definition) is 2. The van der Waals surface area contributed by atoms with Crippen molar-refractivity contribution in [3.05, 3.63) is 88.3 Å². The summed E-state index contributed by atoms with van der Waals surface area (Å²) in [7, 11) is 0. The summed E-state index contributed by atoms with van der Waals surface area (Å²) in [4.78, 5) is 26.2. The molecule has 0 fully saturated rings. The fourth-order valence-electron chi connectivity index (χ4n) is 3.79. The summed E-state index contributed by atoms with van der Waals surface area (Å²) in [5.74, 6) is -1.67. The molecule has 176 valence electrons. The van der Waals surface area contributed by atoms with Crippen LogP contribution in [0.15, 0.2) is 77.1 Å². The summed E-state index contributed by atoms with van der Waals surface area (Å²) >= 11 is 0. The first kappa shape index (κ1) is 24.6. The standard InChI is InChI=1S/C26H26N2O6/c1-3-32-26(31)24-21(16-29)28-17(2)22(23(24)20-12-8-7-9-18(20)15-27)25(30)34-14-13-33-19-10-5-4-6-11-19/h4-12,23,28-29H,3,13-14,16H2,1-2H3. The quantitative estimate of drug-likeness (QED) is 0.431. The van der Waals surface area contributed by atoms with Crippen LogP contribution in [0.3, 0.4) is 0 Å². The highest BCUT2D eigenvalue weighted by Gasteiger charge is 2.39. The second-order valence-electron chi connectivity index (χ2n) is 7.36. The van der Waals surface area contributed by atoms with Crippen LogP contribution in [0.2, 0.25) is 0 Å². The van der Waals surface area contributed by atoms with Crippen molar-refractivity contribution in [3.63, 3.8) is 0 Å². The number of carbonyl (C=O) groups is 2. The zero-order valence-electron chi connectivity index (χ0n) is 19.0. The summed E-state index contributed by atoms with van der Waals surface area (Å²) < 4.78 is 16.3. The molecule has 2 aromatic carbocycles. The van der Waals surface area contributed by atoms with E-state index < -0.39 is 24.5 Å². The van der Waals surface area contributed by atoms with E-state index in [0.29, 0.717) is 22.6 Å². The predicted octanol–water partition coefficient (Wildman–Crippen LogP) is 2.95. The van der Waals surface area contributed by atoms with Crippen molar-refractivity contribution in [2.75, 3.05) is 26.4 Å². The molecule has 2 N–H and O–H groups in total. The molecule has 1 unspecified atom stereocenters. The number of para-hydroxylation sites is 1. The normalized spacial score (nSPS) is 15.3. The van der Waals surface area contributed by atoms with Crippen molar-refractivity contribution in [1.82, 2.24) is 5.32 Å². The molecule has 1 aliphatic rings. The highest BCUT2D eigenvalue weighted by molar-refractivity contribution is 6.00. The third-order valence-corrected chi connectivity index (χ3v) is 5.24. The molecule has 1 aliphatic heterocycles. The van der Waals surface area contributed by atoms with Crippen molar-refractivity contribution in [2.24, 2.45) is 0 Å². The second-order valence-corrected chi connectivity index (χ2v) is 7.36. The van der Waals surface area contributed by atoms with E-state index in [4.69, 9.17) is 14.2 Å². The number of benzene rings is 2. The van der Waals surface area contributed by atoms with Crippen LogP contribution in [0, 0.1) is 11.3 Å². The number of allylic oxidation sites excluding steroid dienone is 1. The molecule has 1 heterocycles. The SMILES string of the molecule is CCOC(=O)C1=C(CO)NC(C)=C(C(=O)OCCOc2ccccc2)C1c1ccccc1C#N. The number of hydrogen-bond acceptors (Lipinski definition) is 8. The number of dihydropyridines is 1. The van der Waals surface area contributed by atoms with Gasteiger partial charge in [0.2, 0.25) is 0 Å². The van der Waals surface area contributed by atoms with Gasteiger partial charge in [0, 0.05) is 5.70 Å². The van der Waals surface area contributed by atoms with Crippen LogP contribution in [-0.2, 0) is 19.1 Å². The number of nitrogens with one attached hydrogen (secondary N) is 1. The lowest BCUT2D eigenvalue weighted by Crippen LogP contribution is -2.35. The summed E-state index contributed by atoms with van der Waals surface area (Å²) in [5.41, 5.74) is 1.56. The second kappa shape index (κ2) is 11.7. The minimum atomic E-state index is -0.958. The first-order chi connectivity index (χ1) is 16.5. The molecule has 0 radical (unpaired) electrons. The smallest absolute Gasteiger partial charge is 0.336 e. The third kappa shape index (κ3) is 5.45. The molecule has 0 spiro atoms. The zero-order valence-corrected chi connectivity index (χ0v) is 19.0. The fraction of sp³-hybridized carbons (Fsp3) is 0.269. The van der Waals surface area contributed by atoms with Gasteiger partial charge in [0.25, 0.3) is 0 Å². The number of nitriles is 1. The highest BCUT2D eigenvalue weighted by atomic mass is 16.6. The molecule has 1 atom stereocenters. The molecule has 0 aromatic heterocycles. The third-order valence-electron chi connectivity index (χ3n) is 5.24. The first-order valence-electron chi connectivity index (χ1n) is 10.8. The van der Waals surface area contributed by atoms with Crippen LogP contribution in [0.4, 0.5) is 0 Å². The average Bonchev–Trinajstić information content (AvgIpc) is 2.86. The van der Waals surface area contributed by atoms with Crippen LogP contribution >= 0.6 is 0 Å². The van der Waals surface area contributed by atoms with Gasteiger partial charge in [-0.1, -0.05) is 36.4 Å².